The van der Waals surface area contributed by atoms with Gasteiger partial charge in [-0.2, -0.15) is 0 Å². The normalized spacial score (nSPS) is 51.2. The van der Waals surface area contributed by atoms with Gasteiger partial charge < -0.3 is 62.3 Å². The molecule has 0 spiro atoms. The first-order valence-electron chi connectivity index (χ1n) is 20.5. The number of carbonyl (C=O) groups excluding carboxylic acids is 1. The zero-order chi connectivity index (χ0) is 38.8. The molecule has 0 amide bonds. The van der Waals surface area contributed by atoms with Crippen molar-refractivity contribution in [3.8, 4) is 0 Å². The smallest absolute Gasteiger partial charge is 0.309 e. The van der Waals surface area contributed by atoms with E-state index >= 15 is 0 Å². The van der Waals surface area contributed by atoms with E-state index in [1.807, 2.05) is 27.0 Å². The van der Waals surface area contributed by atoms with Gasteiger partial charge in [-0.1, -0.05) is 18.6 Å². The molecule has 19 atom stereocenters. The number of esters is 1. The molecule has 6 fully saturated rings. The Hall–Kier alpha value is -1.69. The lowest BCUT2D eigenvalue weighted by Gasteiger charge is -2.50. The second-order valence-corrected chi connectivity index (χ2v) is 17.6. The number of carbonyl (C=O) groups is 1. The SMILES string of the molecule is CO[C@@H]1C[C@H](O[C@H]2[C@@H](O)C[C@H](O[C@@H]3[C@@H](C)O[C@@H](O[C@H]4CC[C@@]5(C)C(=CCC6C(=O)O[C@@H]7CO[C@]8(C)OC=C(CCC65)[C@H]78)C4)C[C@H]3OC)O[C@@H]2C)O[C@@H](C)[C@@H]1O. The third kappa shape index (κ3) is 7.56. The second kappa shape index (κ2) is 15.8. The van der Waals surface area contributed by atoms with E-state index in [1.165, 1.54) is 11.1 Å². The summed E-state index contributed by atoms with van der Waals surface area (Å²) >= 11 is 0. The highest BCUT2D eigenvalue weighted by molar-refractivity contribution is 5.74. The molecule has 14 heteroatoms. The summed E-state index contributed by atoms with van der Waals surface area (Å²) in [5.74, 6) is -0.920. The highest BCUT2D eigenvalue weighted by atomic mass is 16.7. The van der Waals surface area contributed by atoms with Gasteiger partial charge >= 0.3 is 5.97 Å². The molecular weight excluding hydrogens is 716 g/mol. The minimum absolute atomic E-state index is 0.0253. The van der Waals surface area contributed by atoms with Crippen LogP contribution < -0.4 is 0 Å². The number of allylic oxidation sites excluding steroid dienone is 1. The number of methoxy groups -OCH3 is 2. The Morgan fingerprint density at radius 2 is 1.51 bits per heavy atom. The lowest BCUT2D eigenvalue weighted by Crippen LogP contribution is -2.56. The minimum atomic E-state index is -0.866. The molecule has 0 radical (unpaired) electrons. The predicted octanol–water partition coefficient (Wildman–Crippen LogP) is 4.03. The lowest BCUT2D eigenvalue weighted by molar-refractivity contribution is -0.337. The maximum atomic E-state index is 13.7. The van der Waals surface area contributed by atoms with E-state index in [1.54, 1.807) is 21.1 Å². The van der Waals surface area contributed by atoms with Gasteiger partial charge in [0.15, 0.2) is 18.9 Å². The summed E-state index contributed by atoms with van der Waals surface area (Å²) in [4.78, 5) is 13.7. The Bertz CT molecular complexity index is 1440. The quantitative estimate of drug-likeness (QED) is 0.269. The number of aliphatic hydroxyl groups is 2. The highest BCUT2D eigenvalue weighted by Gasteiger charge is 2.58. The molecule has 0 aromatic carbocycles. The summed E-state index contributed by atoms with van der Waals surface area (Å²) in [6, 6.07) is 0. The van der Waals surface area contributed by atoms with Crippen molar-refractivity contribution in [2.24, 2.45) is 23.2 Å². The molecule has 8 rings (SSSR count). The average molecular weight is 779 g/mol. The van der Waals surface area contributed by atoms with Crippen LogP contribution >= 0.6 is 0 Å². The van der Waals surface area contributed by atoms with E-state index in [-0.39, 0.29) is 60.0 Å². The molecule has 0 aromatic rings. The molecule has 2 unspecified atom stereocenters. The van der Waals surface area contributed by atoms with Crippen molar-refractivity contribution < 1.29 is 67.1 Å². The first-order valence-corrected chi connectivity index (χ1v) is 20.5. The van der Waals surface area contributed by atoms with Gasteiger partial charge in [0.05, 0.1) is 67.4 Å². The van der Waals surface area contributed by atoms with E-state index in [0.29, 0.717) is 25.9 Å². The fourth-order valence-corrected chi connectivity index (χ4v) is 11.0. The van der Waals surface area contributed by atoms with Crippen LogP contribution in [0.25, 0.3) is 0 Å². The van der Waals surface area contributed by atoms with Crippen molar-refractivity contribution in [2.45, 2.75) is 184 Å². The molecule has 6 heterocycles. The van der Waals surface area contributed by atoms with Gasteiger partial charge in [-0.15, -0.1) is 0 Å². The van der Waals surface area contributed by atoms with Crippen molar-refractivity contribution >= 4 is 5.97 Å². The molecule has 310 valence electrons. The molecule has 14 nitrogen and oxygen atoms in total. The number of rotatable bonds is 8. The van der Waals surface area contributed by atoms with E-state index in [9.17, 15) is 15.0 Å². The van der Waals surface area contributed by atoms with E-state index in [2.05, 4.69) is 13.0 Å². The molecule has 0 bridgehead atoms. The zero-order valence-corrected chi connectivity index (χ0v) is 33.3. The van der Waals surface area contributed by atoms with Crippen LogP contribution in [0.4, 0.5) is 0 Å². The van der Waals surface area contributed by atoms with Gasteiger partial charge in [0.1, 0.15) is 24.4 Å². The molecule has 5 saturated heterocycles. The van der Waals surface area contributed by atoms with E-state index < -0.39 is 67.4 Å². The Morgan fingerprint density at radius 3 is 2.25 bits per heavy atom. The summed E-state index contributed by atoms with van der Waals surface area (Å²) < 4.78 is 67.3. The first kappa shape index (κ1) is 40.1. The average Bonchev–Trinajstić information content (AvgIpc) is 3.66. The Labute approximate surface area is 324 Å². The molecule has 6 aliphatic heterocycles. The zero-order valence-electron chi connectivity index (χ0n) is 33.3. The first-order chi connectivity index (χ1) is 26.3. The third-order valence-electron chi connectivity index (χ3n) is 14.2. The Morgan fingerprint density at radius 1 is 0.836 bits per heavy atom. The summed E-state index contributed by atoms with van der Waals surface area (Å²) in [6.45, 7) is 10.2. The largest absolute Gasteiger partial charge is 0.469 e. The summed E-state index contributed by atoms with van der Waals surface area (Å²) in [5.41, 5.74) is 2.42. The van der Waals surface area contributed by atoms with Crippen LogP contribution in [0.1, 0.15) is 92.4 Å². The highest BCUT2D eigenvalue weighted by Crippen LogP contribution is 2.57. The van der Waals surface area contributed by atoms with Gasteiger partial charge in [0.2, 0.25) is 5.79 Å². The maximum absolute atomic E-state index is 13.7. The maximum Gasteiger partial charge on any atom is 0.309 e. The van der Waals surface area contributed by atoms with E-state index in [4.69, 9.17) is 52.1 Å². The van der Waals surface area contributed by atoms with Gasteiger partial charge in [-0.3, -0.25) is 4.79 Å². The topological polar surface area (TPSA) is 159 Å². The van der Waals surface area contributed by atoms with Gasteiger partial charge in [0.25, 0.3) is 0 Å². The van der Waals surface area contributed by atoms with Crippen molar-refractivity contribution in [3.63, 3.8) is 0 Å². The Kier molecular flexibility index (Phi) is 11.5. The number of fused-ring (bicyclic) bond motifs is 3. The molecule has 2 N–H and O–H groups in total. The van der Waals surface area contributed by atoms with Crippen LogP contribution in [-0.2, 0) is 56.9 Å². The molecule has 55 heavy (non-hydrogen) atoms. The van der Waals surface area contributed by atoms with Crippen molar-refractivity contribution in [1.29, 1.82) is 0 Å². The summed E-state index contributed by atoms with van der Waals surface area (Å²) in [5, 5.41) is 21.5. The van der Waals surface area contributed by atoms with Crippen molar-refractivity contribution in [3.05, 3.63) is 23.5 Å². The van der Waals surface area contributed by atoms with Crippen LogP contribution in [0, 0.1) is 23.2 Å². The van der Waals surface area contributed by atoms with Gasteiger partial charge in [0, 0.05) is 40.4 Å². The second-order valence-electron chi connectivity index (χ2n) is 17.6. The number of hydrogen-bond donors (Lipinski definition) is 2. The molecule has 1 saturated carbocycles. The molecule has 8 aliphatic rings. The van der Waals surface area contributed by atoms with Crippen molar-refractivity contribution in [2.75, 3.05) is 20.8 Å². The fourth-order valence-electron chi connectivity index (χ4n) is 11.0. The number of aliphatic hydroxyl groups excluding tert-OH is 2. The minimum Gasteiger partial charge on any atom is -0.469 e. The third-order valence-corrected chi connectivity index (χ3v) is 14.2. The van der Waals surface area contributed by atoms with Crippen LogP contribution in [0.15, 0.2) is 23.5 Å². The predicted molar refractivity (Wildman–Crippen MR) is 193 cm³/mol. The van der Waals surface area contributed by atoms with Crippen LogP contribution in [-0.4, -0.2) is 129 Å². The summed E-state index contributed by atoms with van der Waals surface area (Å²) in [6.07, 6.45) is 3.21. The molecular formula is C41H62O14. The fraction of sp³-hybridized carbons (Fsp3) is 0.878. The Balaban J connectivity index is 0.851. The van der Waals surface area contributed by atoms with Crippen LogP contribution in [0.2, 0.25) is 0 Å². The van der Waals surface area contributed by atoms with E-state index in [0.717, 1.165) is 32.1 Å². The van der Waals surface area contributed by atoms with Crippen molar-refractivity contribution in [1.82, 2.24) is 0 Å². The van der Waals surface area contributed by atoms with Crippen LogP contribution in [0.5, 0.6) is 0 Å². The molecule has 2 aliphatic carbocycles. The lowest BCUT2D eigenvalue weighted by atomic mass is 9.55. The number of ether oxygens (including phenoxy) is 11. The van der Waals surface area contributed by atoms with Gasteiger partial charge in [-0.25, -0.2) is 0 Å². The van der Waals surface area contributed by atoms with Gasteiger partial charge in [-0.05, 0) is 76.2 Å². The summed E-state index contributed by atoms with van der Waals surface area (Å²) in [7, 11) is 3.22. The monoisotopic (exact) mass is 778 g/mol. The van der Waals surface area contributed by atoms with Crippen LogP contribution in [0.3, 0.4) is 0 Å². The number of hydrogen-bond acceptors (Lipinski definition) is 14. The standard InChI is InChI=1S/C41H62O14/c1-20-36(43)29(45-6)16-34(49-20)54-37-21(2)50-32(15-28(37)42)55-38-22(3)51-33(17-30(38)46-7)52-25-12-13-40(4)24(14-25)9-10-26-27(40)11-8-23-18-47-41(5)35(23)31(19-48-41)53-39(26)44/h9,18,20-22,25-38,42-43H,8,10-17,19H2,1-7H3/t20-,21+,22+,25-,26?,27?,28-,29+,30+,31+,32-,33-,34-,35+,36-,37+,38+,40-,41-/m0/s1. The molecule has 0 aromatic heterocycles.